The van der Waals surface area contributed by atoms with Crippen LogP contribution in [-0.4, -0.2) is 29.7 Å². The SMILES string of the molecule is CCc1[nH]c(C2CNCCO2)nc1C1CCC1. The van der Waals surface area contributed by atoms with E-state index in [0.717, 1.165) is 31.9 Å². The maximum Gasteiger partial charge on any atom is 0.137 e. The largest absolute Gasteiger partial charge is 0.368 e. The lowest BCUT2D eigenvalue weighted by Crippen LogP contribution is -2.33. The standard InChI is InChI=1S/C13H21N3O/c1-2-10-12(9-4-3-5-9)16-13(15-10)11-8-14-6-7-17-11/h9,11,14H,2-8H2,1H3,(H,15,16). The lowest BCUT2D eigenvalue weighted by molar-refractivity contribution is 0.0225. The highest BCUT2D eigenvalue weighted by Gasteiger charge is 2.27. The van der Waals surface area contributed by atoms with E-state index in [2.05, 4.69) is 17.2 Å². The third-order valence-corrected chi connectivity index (χ3v) is 3.91. The van der Waals surface area contributed by atoms with Crippen molar-refractivity contribution in [2.24, 2.45) is 0 Å². The lowest BCUT2D eigenvalue weighted by Gasteiger charge is -2.24. The Kier molecular flexibility index (Phi) is 3.16. The van der Waals surface area contributed by atoms with Crippen LogP contribution in [0.1, 0.15) is 55.4 Å². The minimum atomic E-state index is 0.114. The molecule has 0 spiro atoms. The van der Waals surface area contributed by atoms with Gasteiger partial charge in [0.1, 0.15) is 11.9 Å². The van der Waals surface area contributed by atoms with Crippen LogP contribution in [0.15, 0.2) is 0 Å². The summed E-state index contributed by atoms with van der Waals surface area (Å²) in [7, 11) is 0. The summed E-state index contributed by atoms with van der Waals surface area (Å²) in [5.41, 5.74) is 2.63. The first-order chi connectivity index (χ1) is 8.38. The molecule has 1 saturated heterocycles. The highest BCUT2D eigenvalue weighted by molar-refractivity contribution is 5.22. The van der Waals surface area contributed by atoms with Crippen molar-refractivity contribution in [1.82, 2.24) is 15.3 Å². The maximum atomic E-state index is 5.75. The molecule has 1 aliphatic heterocycles. The lowest BCUT2D eigenvalue weighted by atomic mass is 9.82. The molecule has 4 heteroatoms. The number of morpholine rings is 1. The van der Waals surface area contributed by atoms with Crippen molar-refractivity contribution in [2.45, 2.75) is 44.6 Å². The first kappa shape index (κ1) is 11.2. The van der Waals surface area contributed by atoms with Crippen LogP contribution in [0, 0.1) is 0 Å². The summed E-state index contributed by atoms with van der Waals surface area (Å²) in [6.45, 7) is 4.80. The molecule has 1 aromatic rings. The summed E-state index contributed by atoms with van der Waals surface area (Å²) < 4.78 is 5.75. The second-order valence-electron chi connectivity index (χ2n) is 5.03. The summed E-state index contributed by atoms with van der Waals surface area (Å²) in [5, 5.41) is 3.35. The summed E-state index contributed by atoms with van der Waals surface area (Å²) in [5.74, 6) is 1.72. The van der Waals surface area contributed by atoms with Crippen LogP contribution in [0.4, 0.5) is 0 Å². The quantitative estimate of drug-likeness (QED) is 0.841. The van der Waals surface area contributed by atoms with Gasteiger partial charge in [0.2, 0.25) is 0 Å². The summed E-state index contributed by atoms with van der Waals surface area (Å²) in [4.78, 5) is 8.28. The molecular weight excluding hydrogens is 214 g/mol. The van der Waals surface area contributed by atoms with Gasteiger partial charge in [-0.2, -0.15) is 0 Å². The monoisotopic (exact) mass is 235 g/mol. The predicted octanol–water partition coefficient (Wildman–Crippen LogP) is 1.90. The number of aromatic nitrogens is 2. The molecule has 2 aliphatic rings. The fourth-order valence-electron chi connectivity index (χ4n) is 2.63. The van der Waals surface area contributed by atoms with Gasteiger partial charge in [0, 0.05) is 24.7 Å². The molecular formula is C13H21N3O. The molecule has 2 heterocycles. The molecule has 4 nitrogen and oxygen atoms in total. The molecule has 0 bridgehead atoms. The van der Waals surface area contributed by atoms with E-state index in [1.54, 1.807) is 0 Å². The third-order valence-electron chi connectivity index (χ3n) is 3.91. The molecule has 3 rings (SSSR count). The van der Waals surface area contributed by atoms with Crippen molar-refractivity contribution in [3.8, 4) is 0 Å². The van der Waals surface area contributed by atoms with Gasteiger partial charge >= 0.3 is 0 Å². The average Bonchev–Trinajstić information content (AvgIpc) is 2.72. The van der Waals surface area contributed by atoms with Crippen LogP contribution in [-0.2, 0) is 11.2 Å². The van der Waals surface area contributed by atoms with Crippen LogP contribution in [0.5, 0.6) is 0 Å². The van der Waals surface area contributed by atoms with Crippen molar-refractivity contribution < 1.29 is 4.74 Å². The van der Waals surface area contributed by atoms with Crippen LogP contribution >= 0.6 is 0 Å². The fraction of sp³-hybridized carbons (Fsp3) is 0.769. The Balaban J connectivity index is 1.81. The Morgan fingerprint density at radius 3 is 2.88 bits per heavy atom. The van der Waals surface area contributed by atoms with Crippen LogP contribution in [0.2, 0.25) is 0 Å². The Hall–Kier alpha value is -0.870. The van der Waals surface area contributed by atoms with Crippen LogP contribution in [0.3, 0.4) is 0 Å². The molecule has 0 aromatic carbocycles. The number of imidazole rings is 1. The highest BCUT2D eigenvalue weighted by Crippen LogP contribution is 2.37. The number of H-pyrrole nitrogens is 1. The number of rotatable bonds is 3. The first-order valence-electron chi connectivity index (χ1n) is 6.79. The van der Waals surface area contributed by atoms with E-state index < -0.39 is 0 Å². The number of aryl methyl sites for hydroxylation is 1. The molecule has 2 N–H and O–H groups in total. The van der Waals surface area contributed by atoms with Gasteiger partial charge < -0.3 is 15.0 Å². The van der Waals surface area contributed by atoms with Gasteiger partial charge in [0.25, 0.3) is 0 Å². The van der Waals surface area contributed by atoms with Gasteiger partial charge in [0.15, 0.2) is 0 Å². The Morgan fingerprint density at radius 2 is 2.29 bits per heavy atom. The molecule has 2 fully saturated rings. The van der Waals surface area contributed by atoms with Gasteiger partial charge in [-0.3, -0.25) is 0 Å². The molecule has 1 aromatic heterocycles. The Bertz CT molecular complexity index is 378. The number of hydrogen-bond acceptors (Lipinski definition) is 3. The zero-order valence-corrected chi connectivity index (χ0v) is 10.5. The van der Waals surface area contributed by atoms with E-state index in [9.17, 15) is 0 Å². The van der Waals surface area contributed by atoms with E-state index in [1.807, 2.05) is 0 Å². The highest BCUT2D eigenvalue weighted by atomic mass is 16.5. The molecule has 1 atom stereocenters. The van der Waals surface area contributed by atoms with E-state index in [1.165, 1.54) is 30.7 Å². The number of aromatic amines is 1. The second kappa shape index (κ2) is 4.78. The van der Waals surface area contributed by atoms with E-state index in [4.69, 9.17) is 9.72 Å². The van der Waals surface area contributed by atoms with E-state index in [0.29, 0.717) is 5.92 Å². The van der Waals surface area contributed by atoms with E-state index >= 15 is 0 Å². The zero-order chi connectivity index (χ0) is 11.7. The smallest absolute Gasteiger partial charge is 0.137 e. The summed E-state index contributed by atoms with van der Waals surface area (Å²) in [6.07, 6.45) is 5.13. The van der Waals surface area contributed by atoms with Gasteiger partial charge in [-0.1, -0.05) is 13.3 Å². The molecule has 17 heavy (non-hydrogen) atoms. The van der Waals surface area contributed by atoms with Crippen LogP contribution < -0.4 is 5.32 Å². The van der Waals surface area contributed by atoms with Gasteiger partial charge in [-0.05, 0) is 19.3 Å². The number of nitrogens with zero attached hydrogens (tertiary/aromatic N) is 1. The maximum absolute atomic E-state index is 5.75. The summed E-state index contributed by atoms with van der Waals surface area (Å²) in [6, 6.07) is 0. The molecule has 1 saturated carbocycles. The zero-order valence-electron chi connectivity index (χ0n) is 10.5. The Morgan fingerprint density at radius 1 is 1.41 bits per heavy atom. The fourth-order valence-corrected chi connectivity index (χ4v) is 2.63. The van der Waals surface area contributed by atoms with Crippen LogP contribution in [0.25, 0.3) is 0 Å². The van der Waals surface area contributed by atoms with E-state index in [-0.39, 0.29) is 6.10 Å². The first-order valence-corrected chi connectivity index (χ1v) is 6.79. The molecule has 0 radical (unpaired) electrons. The van der Waals surface area contributed by atoms with Gasteiger partial charge in [0.05, 0.1) is 12.3 Å². The molecule has 0 amide bonds. The third kappa shape index (κ3) is 2.11. The van der Waals surface area contributed by atoms with Gasteiger partial charge in [-0.25, -0.2) is 4.98 Å². The van der Waals surface area contributed by atoms with Crippen molar-refractivity contribution >= 4 is 0 Å². The topological polar surface area (TPSA) is 49.9 Å². The number of ether oxygens (including phenoxy) is 1. The minimum absolute atomic E-state index is 0.114. The van der Waals surface area contributed by atoms with Crippen molar-refractivity contribution in [1.29, 1.82) is 0 Å². The van der Waals surface area contributed by atoms with Crippen molar-refractivity contribution in [2.75, 3.05) is 19.7 Å². The molecule has 1 aliphatic carbocycles. The van der Waals surface area contributed by atoms with Crippen molar-refractivity contribution in [3.05, 3.63) is 17.2 Å². The molecule has 94 valence electrons. The Labute approximate surface area is 102 Å². The average molecular weight is 235 g/mol. The van der Waals surface area contributed by atoms with Gasteiger partial charge in [-0.15, -0.1) is 0 Å². The van der Waals surface area contributed by atoms with Crippen molar-refractivity contribution in [3.63, 3.8) is 0 Å². The second-order valence-corrected chi connectivity index (χ2v) is 5.03. The normalized spacial score (nSPS) is 25.8. The number of hydrogen-bond donors (Lipinski definition) is 2. The predicted molar refractivity (Wildman–Crippen MR) is 66.1 cm³/mol. The minimum Gasteiger partial charge on any atom is -0.368 e. The summed E-state index contributed by atoms with van der Waals surface area (Å²) >= 11 is 0. The number of nitrogens with one attached hydrogen (secondary N) is 2. The molecule has 1 unspecified atom stereocenters.